The maximum Gasteiger partial charge on any atom is 0.416 e. The van der Waals surface area contributed by atoms with Gasteiger partial charge in [0.2, 0.25) is 0 Å². The molecule has 158 valence electrons. The van der Waals surface area contributed by atoms with Gasteiger partial charge >= 0.3 is 12.1 Å². The van der Waals surface area contributed by atoms with Crippen LogP contribution in [0, 0.1) is 11.8 Å². The zero-order chi connectivity index (χ0) is 20.9. The fourth-order valence-electron chi connectivity index (χ4n) is 4.04. The van der Waals surface area contributed by atoms with Crippen LogP contribution in [-0.2, 0) is 11.0 Å². The van der Waals surface area contributed by atoms with E-state index in [9.17, 15) is 23.1 Å². The van der Waals surface area contributed by atoms with Crippen molar-refractivity contribution in [2.45, 2.75) is 64.2 Å². The van der Waals surface area contributed by atoms with Gasteiger partial charge in [-0.1, -0.05) is 26.0 Å². The van der Waals surface area contributed by atoms with Crippen molar-refractivity contribution >= 4 is 5.97 Å². The quantitative estimate of drug-likeness (QED) is 0.661. The number of halogens is 3. The Hall–Kier alpha value is -1.60. The third kappa shape index (κ3) is 6.21. The Kier molecular flexibility index (Phi) is 7.89. The molecule has 3 atom stereocenters. The lowest BCUT2D eigenvalue weighted by molar-refractivity contribution is -0.139. The molecule has 7 heteroatoms. The SMILES string of the molecule is CC(C)CCC(CO)N1CCC(CC(=O)O)CC1c1ccc(C(F)(F)F)cc1. The lowest BCUT2D eigenvalue weighted by Gasteiger charge is -2.44. The predicted octanol–water partition coefficient (Wildman–Crippen LogP) is 4.73. The van der Waals surface area contributed by atoms with Gasteiger partial charge in [-0.2, -0.15) is 13.2 Å². The average molecular weight is 401 g/mol. The molecule has 2 N–H and O–H groups in total. The van der Waals surface area contributed by atoms with Crippen LogP contribution in [0.3, 0.4) is 0 Å². The van der Waals surface area contributed by atoms with Crippen LogP contribution in [0.5, 0.6) is 0 Å². The summed E-state index contributed by atoms with van der Waals surface area (Å²) in [7, 11) is 0. The first-order chi connectivity index (χ1) is 13.1. The summed E-state index contributed by atoms with van der Waals surface area (Å²) < 4.78 is 38.7. The smallest absolute Gasteiger partial charge is 0.416 e. The molecule has 1 aromatic rings. The Balaban J connectivity index is 2.26. The van der Waals surface area contributed by atoms with Crippen LogP contribution in [0.15, 0.2) is 24.3 Å². The number of rotatable bonds is 8. The number of carboxylic acid groups (broad SMARTS) is 1. The van der Waals surface area contributed by atoms with E-state index in [4.69, 9.17) is 5.11 Å². The van der Waals surface area contributed by atoms with Crippen LogP contribution in [0.25, 0.3) is 0 Å². The second kappa shape index (κ2) is 9.74. The monoisotopic (exact) mass is 401 g/mol. The highest BCUT2D eigenvalue weighted by Gasteiger charge is 2.35. The van der Waals surface area contributed by atoms with Gasteiger partial charge in [-0.25, -0.2) is 0 Å². The fraction of sp³-hybridized carbons (Fsp3) is 0.667. The summed E-state index contributed by atoms with van der Waals surface area (Å²) in [6.45, 7) is 4.84. The Morgan fingerprint density at radius 3 is 2.36 bits per heavy atom. The number of nitrogens with zero attached hydrogens (tertiary/aromatic N) is 1. The number of alkyl halides is 3. The minimum absolute atomic E-state index is 0.0204. The van der Waals surface area contributed by atoms with E-state index >= 15 is 0 Å². The molecule has 1 saturated heterocycles. The molecule has 1 aliphatic heterocycles. The molecule has 3 unspecified atom stereocenters. The molecule has 1 aromatic carbocycles. The molecule has 0 amide bonds. The molecule has 0 spiro atoms. The maximum absolute atomic E-state index is 12.9. The lowest BCUT2D eigenvalue weighted by Crippen LogP contribution is -2.45. The van der Waals surface area contributed by atoms with E-state index in [1.165, 1.54) is 12.1 Å². The lowest BCUT2D eigenvalue weighted by atomic mass is 9.83. The second-order valence-corrected chi connectivity index (χ2v) is 8.17. The minimum Gasteiger partial charge on any atom is -0.481 e. The molecule has 0 bridgehead atoms. The Morgan fingerprint density at radius 2 is 1.86 bits per heavy atom. The molecule has 4 nitrogen and oxygen atoms in total. The molecule has 1 aliphatic rings. The number of aliphatic hydroxyl groups excluding tert-OH is 1. The maximum atomic E-state index is 12.9. The minimum atomic E-state index is -4.39. The normalized spacial score (nSPS) is 22.4. The molecular formula is C21H30F3NO3. The van der Waals surface area contributed by atoms with Gasteiger partial charge in [0.05, 0.1) is 12.2 Å². The van der Waals surface area contributed by atoms with Crippen LogP contribution < -0.4 is 0 Å². The van der Waals surface area contributed by atoms with Crippen molar-refractivity contribution in [3.8, 4) is 0 Å². The van der Waals surface area contributed by atoms with E-state index in [1.807, 2.05) is 0 Å². The largest absolute Gasteiger partial charge is 0.481 e. The van der Waals surface area contributed by atoms with Crippen molar-refractivity contribution in [3.63, 3.8) is 0 Å². The summed E-state index contributed by atoms with van der Waals surface area (Å²) in [6.07, 6.45) is -1.31. The van der Waals surface area contributed by atoms with Gasteiger partial charge in [0.15, 0.2) is 0 Å². The molecule has 0 aliphatic carbocycles. The van der Waals surface area contributed by atoms with Crippen LogP contribution in [0.2, 0.25) is 0 Å². The van der Waals surface area contributed by atoms with Crippen LogP contribution >= 0.6 is 0 Å². The number of carbonyl (C=O) groups is 1. The Bertz CT molecular complexity index is 631. The van der Waals surface area contributed by atoms with Gasteiger partial charge in [0.1, 0.15) is 0 Å². The van der Waals surface area contributed by atoms with Gasteiger partial charge in [-0.05, 0) is 61.8 Å². The molecular weight excluding hydrogens is 371 g/mol. The third-order valence-corrected chi connectivity index (χ3v) is 5.60. The summed E-state index contributed by atoms with van der Waals surface area (Å²) in [4.78, 5) is 13.3. The average Bonchev–Trinajstić information content (AvgIpc) is 2.61. The fourth-order valence-corrected chi connectivity index (χ4v) is 4.04. The number of piperidine rings is 1. The number of benzene rings is 1. The van der Waals surface area contributed by atoms with Crippen molar-refractivity contribution in [1.82, 2.24) is 4.90 Å². The number of likely N-dealkylation sites (tertiary alicyclic amines) is 1. The third-order valence-electron chi connectivity index (χ3n) is 5.60. The summed E-state index contributed by atoms with van der Waals surface area (Å²) >= 11 is 0. The van der Waals surface area contributed by atoms with Gasteiger partial charge in [-0.15, -0.1) is 0 Å². The first kappa shape index (κ1) is 22.7. The Morgan fingerprint density at radius 1 is 1.21 bits per heavy atom. The standard InChI is InChI=1S/C21H30F3NO3/c1-14(2)3-8-18(13-26)25-10-9-15(12-20(27)28)11-19(25)16-4-6-17(7-5-16)21(22,23)24/h4-7,14-15,18-19,26H,3,8-13H2,1-2H3,(H,27,28). The van der Waals surface area contributed by atoms with E-state index in [-0.39, 0.29) is 31.0 Å². The molecule has 0 aromatic heterocycles. The predicted molar refractivity (Wildman–Crippen MR) is 101 cm³/mol. The highest BCUT2D eigenvalue weighted by atomic mass is 19.4. The van der Waals surface area contributed by atoms with E-state index in [2.05, 4.69) is 18.7 Å². The van der Waals surface area contributed by atoms with E-state index in [0.717, 1.165) is 30.5 Å². The number of carboxylic acids is 1. The second-order valence-electron chi connectivity index (χ2n) is 8.17. The van der Waals surface area contributed by atoms with E-state index in [0.29, 0.717) is 25.3 Å². The summed E-state index contributed by atoms with van der Waals surface area (Å²) in [6, 6.07) is 4.86. The molecule has 1 fully saturated rings. The summed E-state index contributed by atoms with van der Waals surface area (Å²) in [5.41, 5.74) is 0.0466. The van der Waals surface area contributed by atoms with Gasteiger partial charge in [0.25, 0.3) is 0 Å². The van der Waals surface area contributed by atoms with Crippen molar-refractivity contribution in [1.29, 1.82) is 0 Å². The molecule has 2 rings (SSSR count). The number of hydrogen-bond donors (Lipinski definition) is 2. The first-order valence-corrected chi connectivity index (χ1v) is 9.87. The van der Waals surface area contributed by atoms with E-state index < -0.39 is 17.7 Å². The van der Waals surface area contributed by atoms with Crippen molar-refractivity contribution in [2.24, 2.45) is 11.8 Å². The number of aliphatic hydroxyl groups is 1. The van der Waals surface area contributed by atoms with Gasteiger partial charge < -0.3 is 10.2 Å². The molecule has 0 saturated carbocycles. The van der Waals surface area contributed by atoms with Crippen LogP contribution in [0.1, 0.15) is 63.1 Å². The first-order valence-electron chi connectivity index (χ1n) is 9.87. The highest BCUT2D eigenvalue weighted by molar-refractivity contribution is 5.67. The Labute approximate surface area is 164 Å². The molecule has 1 heterocycles. The number of aliphatic carboxylic acids is 1. The van der Waals surface area contributed by atoms with Crippen molar-refractivity contribution in [2.75, 3.05) is 13.2 Å². The van der Waals surface area contributed by atoms with Crippen molar-refractivity contribution in [3.05, 3.63) is 35.4 Å². The van der Waals surface area contributed by atoms with Crippen LogP contribution in [-0.4, -0.2) is 40.3 Å². The summed E-state index contributed by atoms with van der Waals surface area (Å²) in [5, 5.41) is 19.1. The van der Waals surface area contributed by atoms with Crippen molar-refractivity contribution < 1.29 is 28.2 Å². The number of hydrogen-bond acceptors (Lipinski definition) is 3. The van der Waals surface area contributed by atoms with Gasteiger partial charge in [0, 0.05) is 18.5 Å². The zero-order valence-corrected chi connectivity index (χ0v) is 16.5. The van der Waals surface area contributed by atoms with E-state index in [1.54, 1.807) is 0 Å². The zero-order valence-electron chi connectivity index (χ0n) is 16.5. The molecule has 28 heavy (non-hydrogen) atoms. The van der Waals surface area contributed by atoms with Crippen LogP contribution in [0.4, 0.5) is 13.2 Å². The highest BCUT2D eigenvalue weighted by Crippen LogP contribution is 2.39. The topological polar surface area (TPSA) is 60.8 Å². The molecule has 0 radical (unpaired) electrons. The summed E-state index contributed by atoms with van der Waals surface area (Å²) in [5.74, 6) is -0.392. The van der Waals surface area contributed by atoms with Gasteiger partial charge in [-0.3, -0.25) is 9.69 Å².